The van der Waals surface area contributed by atoms with Gasteiger partial charge in [0.2, 0.25) is 0 Å². The fourth-order valence-electron chi connectivity index (χ4n) is 1.13. The summed E-state index contributed by atoms with van der Waals surface area (Å²) in [7, 11) is 0. The molecule has 0 aliphatic rings. The van der Waals surface area contributed by atoms with E-state index in [-0.39, 0.29) is 6.61 Å². The predicted octanol–water partition coefficient (Wildman–Crippen LogP) is 2.36. The second-order valence-corrected chi connectivity index (χ2v) is 3.67. The van der Waals surface area contributed by atoms with Gasteiger partial charge in [0.25, 0.3) is 0 Å². The van der Waals surface area contributed by atoms with E-state index in [9.17, 15) is 5.11 Å². The second-order valence-electron chi connectivity index (χ2n) is 3.67. The first kappa shape index (κ1) is 11.8. The van der Waals surface area contributed by atoms with Crippen molar-refractivity contribution in [3.63, 3.8) is 0 Å². The average molecular weight is 207 g/mol. The van der Waals surface area contributed by atoms with E-state index in [1.54, 1.807) is 6.08 Å². The van der Waals surface area contributed by atoms with Crippen LogP contribution in [0.25, 0.3) is 0 Å². The van der Waals surface area contributed by atoms with Crippen LogP contribution in [0.3, 0.4) is 0 Å². The van der Waals surface area contributed by atoms with E-state index in [0.29, 0.717) is 6.42 Å². The van der Waals surface area contributed by atoms with Crippen molar-refractivity contribution in [2.45, 2.75) is 18.9 Å². The van der Waals surface area contributed by atoms with E-state index in [1.165, 1.54) is 0 Å². The van der Waals surface area contributed by atoms with E-state index in [4.69, 9.17) is 4.84 Å². The molecule has 3 heteroatoms. The van der Waals surface area contributed by atoms with Crippen LogP contribution in [-0.4, -0.2) is 17.3 Å². The van der Waals surface area contributed by atoms with Crippen LogP contribution in [0.1, 0.15) is 13.3 Å². The molecule has 3 nitrogen and oxygen atoms in total. The Labute approximate surface area is 90.3 Å². The number of rotatable bonds is 6. The minimum atomic E-state index is -0.627. The maximum atomic E-state index is 9.18. The number of hydrogen-bond acceptors (Lipinski definition) is 3. The SMILES string of the molecule is C=CCC(C)(CO)ONc1ccccc1. The van der Waals surface area contributed by atoms with E-state index >= 15 is 0 Å². The molecule has 1 aromatic carbocycles. The summed E-state index contributed by atoms with van der Waals surface area (Å²) in [6, 6.07) is 9.54. The van der Waals surface area contributed by atoms with Crippen LogP contribution in [0.4, 0.5) is 5.69 Å². The second kappa shape index (κ2) is 5.53. The maximum absolute atomic E-state index is 9.18. The van der Waals surface area contributed by atoms with Crippen LogP contribution in [0.15, 0.2) is 43.0 Å². The number of aliphatic hydroxyl groups excluding tert-OH is 1. The van der Waals surface area contributed by atoms with Crippen molar-refractivity contribution in [1.29, 1.82) is 0 Å². The third-order valence-corrected chi connectivity index (χ3v) is 2.10. The lowest BCUT2D eigenvalue weighted by Crippen LogP contribution is -2.34. The Balaban J connectivity index is 2.51. The molecule has 0 aliphatic heterocycles. The zero-order valence-corrected chi connectivity index (χ0v) is 8.94. The number of nitrogens with one attached hydrogen (secondary N) is 1. The summed E-state index contributed by atoms with van der Waals surface area (Å²) in [5, 5.41) is 9.18. The summed E-state index contributed by atoms with van der Waals surface area (Å²) in [5.74, 6) is 0. The van der Waals surface area contributed by atoms with Gasteiger partial charge >= 0.3 is 0 Å². The average Bonchev–Trinajstić information content (AvgIpc) is 2.28. The highest BCUT2D eigenvalue weighted by atomic mass is 16.7. The fraction of sp³-hybridized carbons (Fsp3) is 0.333. The molecular weight excluding hydrogens is 190 g/mol. The molecule has 2 N–H and O–H groups in total. The van der Waals surface area contributed by atoms with Crippen LogP contribution < -0.4 is 5.48 Å². The molecule has 0 aliphatic carbocycles. The van der Waals surface area contributed by atoms with Gasteiger partial charge in [0.15, 0.2) is 0 Å². The molecule has 0 spiro atoms. The largest absolute Gasteiger partial charge is 0.393 e. The van der Waals surface area contributed by atoms with Crippen LogP contribution in [0.5, 0.6) is 0 Å². The van der Waals surface area contributed by atoms with Crippen molar-refractivity contribution in [3.8, 4) is 0 Å². The van der Waals surface area contributed by atoms with Gasteiger partial charge in [-0.1, -0.05) is 24.3 Å². The molecule has 82 valence electrons. The van der Waals surface area contributed by atoms with Gasteiger partial charge in [-0.15, -0.1) is 6.58 Å². The Hall–Kier alpha value is -1.32. The number of benzene rings is 1. The van der Waals surface area contributed by atoms with Crippen LogP contribution >= 0.6 is 0 Å². The monoisotopic (exact) mass is 207 g/mol. The highest BCUT2D eigenvalue weighted by Gasteiger charge is 2.23. The van der Waals surface area contributed by atoms with E-state index in [0.717, 1.165) is 5.69 Å². The fourth-order valence-corrected chi connectivity index (χ4v) is 1.13. The molecule has 0 saturated heterocycles. The highest BCUT2D eigenvalue weighted by Crippen LogP contribution is 2.16. The molecule has 0 radical (unpaired) electrons. The molecule has 1 atom stereocenters. The maximum Gasteiger partial charge on any atom is 0.119 e. The zero-order valence-electron chi connectivity index (χ0n) is 8.94. The number of para-hydroxylation sites is 1. The summed E-state index contributed by atoms with van der Waals surface area (Å²) in [4.78, 5) is 5.43. The molecule has 0 saturated carbocycles. The molecule has 0 bridgehead atoms. The Kier molecular flexibility index (Phi) is 4.34. The molecule has 1 aromatic rings. The first-order chi connectivity index (χ1) is 7.20. The van der Waals surface area contributed by atoms with Crippen LogP contribution in [-0.2, 0) is 4.84 Å². The quantitative estimate of drug-likeness (QED) is 0.556. The van der Waals surface area contributed by atoms with Gasteiger partial charge < -0.3 is 5.11 Å². The van der Waals surface area contributed by atoms with Gasteiger partial charge in [0.1, 0.15) is 5.60 Å². The predicted molar refractivity (Wildman–Crippen MR) is 61.5 cm³/mol. The Bertz CT molecular complexity index is 300. The molecule has 15 heavy (non-hydrogen) atoms. The summed E-state index contributed by atoms with van der Waals surface area (Å²) in [5.41, 5.74) is 3.05. The standard InChI is InChI=1S/C12H17NO2/c1-3-9-12(2,10-14)15-13-11-7-5-4-6-8-11/h3-8,13-14H,1,9-10H2,2H3. The molecule has 0 fully saturated rings. The lowest BCUT2D eigenvalue weighted by molar-refractivity contribution is -0.0361. The Morgan fingerprint density at radius 2 is 2.13 bits per heavy atom. The van der Waals surface area contributed by atoms with E-state index in [2.05, 4.69) is 12.1 Å². The van der Waals surface area contributed by atoms with Crippen molar-refractivity contribution >= 4 is 5.69 Å². The minimum Gasteiger partial charge on any atom is -0.393 e. The topological polar surface area (TPSA) is 41.5 Å². The highest BCUT2D eigenvalue weighted by molar-refractivity contribution is 5.40. The third kappa shape index (κ3) is 3.73. The third-order valence-electron chi connectivity index (χ3n) is 2.10. The zero-order chi connectivity index (χ0) is 11.1. The molecular formula is C12H17NO2. The molecule has 1 rings (SSSR count). The van der Waals surface area contributed by atoms with Crippen LogP contribution in [0.2, 0.25) is 0 Å². The van der Waals surface area contributed by atoms with E-state index in [1.807, 2.05) is 37.3 Å². The lowest BCUT2D eigenvalue weighted by Gasteiger charge is -2.26. The van der Waals surface area contributed by atoms with Gasteiger partial charge in [0, 0.05) is 0 Å². The molecule has 0 heterocycles. The number of aliphatic hydroxyl groups is 1. The summed E-state index contributed by atoms with van der Waals surface area (Å²) >= 11 is 0. The molecule has 1 unspecified atom stereocenters. The first-order valence-electron chi connectivity index (χ1n) is 4.91. The lowest BCUT2D eigenvalue weighted by atomic mass is 10.0. The summed E-state index contributed by atoms with van der Waals surface area (Å²) in [6.07, 6.45) is 2.31. The van der Waals surface area contributed by atoms with Gasteiger partial charge in [0.05, 0.1) is 12.3 Å². The summed E-state index contributed by atoms with van der Waals surface area (Å²) < 4.78 is 0. The summed E-state index contributed by atoms with van der Waals surface area (Å²) in [6.45, 7) is 5.40. The van der Waals surface area contributed by atoms with Crippen molar-refractivity contribution in [2.75, 3.05) is 12.1 Å². The number of anilines is 1. The molecule has 0 aromatic heterocycles. The van der Waals surface area contributed by atoms with Crippen molar-refractivity contribution in [2.24, 2.45) is 0 Å². The minimum absolute atomic E-state index is 0.0567. The van der Waals surface area contributed by atoms with Crippen molar-refractivity contribution < 1.29 is 9.94 Å². The van der Waals surface area contributed by atoms with Gasteiger partial charge in [-0.3, -0.25) is 10.3 Å². The van der Waals surface area contributed by atoms with E-state index < -0.39 is 5.60 Å². The van der Waals surface area contributed by atoms with Gasteiger partial charge in [-0.05, 0) is 25.5 Å². The Morgan fingerprint density at radius 3 is 2.67 bits per heavy atom. The normalized spacial score (nSPS) is 14.3. The van der Waals surface area contributed by atoms with Crippen molar-refractivity contribution in [3.05, 3.63) is 43.0 Å². The number of hydrogen-bond donors (Lipinski definition) is 2. The van der Waals surface area contributed by atoms with Crippen molar-refractivity contribution in [1.82, 2.24) is 0 Å². The Morgan fingerprint density at radius 1 is 1.47 bits per heavy atom. The molecule has 0 amide bonds. The first-order valence-corrected chi connectivity index (χ1v) is 4.91. The van der Waals surface area contributed by atoms with Crippen LogP contribution in [0, 0.1) is 0 Å². The smallest absolute Gasteiger partial charge is 0.119 e. The van der Waals surface area contributed by atoms with Gasteiger partial charge in [-0.2, -0.15) is 0 Å². The van der Waals surface area contributed by atoms with Gasteiger partial charge in [-0.25, -0.2) is 0 Å².